The van der Waals surface area contributed by atoms with Gasteiger partial charge in [0.05, 0.1) is 11.5 Å². The van der Waals surface area contributed by atoms with Crippen LogP contribution in [-0.2, 0) is 9.84 Å². The van der Waals surface area contributed by atoms with Crippen LogP contribution in [-0.4, -0.2) is 26.5 Å². The standard InChI is InChI=1S/C13H21NO3S/c1-4-14-13(11-5-6-18(15,16)8-11)12-7-9(2)17-10(12)3/h7,11,13-14H,4-6,8H2,1-3H3. The summed E-state index contributed by atoms with van der Waals surface area (Å²) in [4.78, 5) is 0. The lowest BCUT2D eigenvalue weighted by Gasteiger charge is -2.23. The van der Waals surface area contributed by atoms with E-state index in [0.717, 1.165) is 30.0 Å². The highest BCUT2D eigenvalue weighted by molar-refractivity contribution is 7.91. The monoisotopic (exact) mass is 271 g/mol. The summed E-state index contributed by atoms with van der Waals surface area (Å²) in [5, 5.41) is 3.41. The topological polar surface area (TPSA) is 59.3 Å². The molecule has 1 N–H and O–H groups in total. The Hall–Kier alpha value is -0.810. The van der Waals surface area contributed by atoms with Gasteiger partial charge in [0.2, 0.25) is 0 Å². The quantitative estimate of drug-likeness (QED) is 0.909. The molecule has 1 aliphatic heterocycles. The zero-order valence-corrected chi connectivity index (χ0v) is 12.0. The Labute approximate surface area is 109 Å². The predicted octanol–water partition coefficient (Wildman–Crippen LogP) is 1.98. The molecule has 18 heavy (non-hydrogen) atoms. The smallest absolute Gasteiger partial charge is 0.150 e. The van der Waals surface area contributed by atoms with E-state index in [4.69, 9.17) is 4.42 Å². The molecule has 0 saturated carbocycles. The first-order valence-electron chi connectivity index (χ1n) is 6.43. The van der Waals surface area contributed by atoms with Crippen molar-refractivity contribution in [3.63, 3.8) is 0 Å². The highest BCUT2D eigenvalue weighted by atomic mass is 32.2. The van der Waals surface area contributed by atoms with Crippen LogP contribution in [0.5, 0.6) is 0 Å². The first kappa shape index (κ1) is 13.6. The number of hydrogen-bond acceptors (Lipinski definition) is 4. The Morgan fingerprint density at radius 1 is 1.50 bits per heavy atom. The van der Waals surface area contributed by atoms with Crippen molar-refractivity contribution in [3.8, 4) is 0 Å². The van der Waals surface area contributed by atoms with Gasteiger partial charge in [0.1, 0.15) is 11.5 Å². The van der Waals surface area contributed by atoms with Crippen molar-refractivity contribution in [2.75, 3.05) is 18.1 Å². The van der Waals surface area contributed by atoms with Crippen LogP contribution in [0.4, 0.5) is 0 Å². The molecule has 1 aromatic heterocycles. The molecule has 4 nitrogen and oxygen atoms in total. The van der Waals surface area contributed by atoms with E-state index in [1.807, 2.05) is 26.8 Å². The van der Waals surface area contributed by atoms with Crippen LogP contribution in [0.15, 0.2) is 10.5 Å². The van der Waals surface area contributed by atoms with Gasteiger partial charge in [-0.1, -0.05) is 6.92 Å². The molecule has 0 spiro atoms. The molecule has 1 aliphatic rings. The van der Waals surface area contributed by atoms with E-state index in [0.29, 0.717) is 5.75 Å². The minimum absolute atomic E-state index is 0.0877. The van der Waals surface area contributed by atoms with Gasteiger partial charge in [-0.3, -0.25) is 0 Å². The number of nitrogens with one attached hydrogen (secondary N) is 1. The lowest BCUT2D eigenvalue weighted by Crippen LogP contribution is -2.29. The lowest BCUT2D eigenvalue weighted by molar-refractivity contribution is 0.391. The lowest BCUT2D eigenvalue weighted by atomic mass is 9.92. The summed E-state index contributed by atoms with van der Waals surface area (Å²) in [6.07, 6.45) is 0.740. The molecule has 2 atom stereocenters. The summed E-state index contributed by atoms with van der Waals surface area (Å²) in [6, 6.07) is 2.11. The molecule has 1 aromatic rings. The molecule has 0 radical (unpaired) electrons. The van der Waals surface area contributed by atoms with Gasteiger partial charge in [0.25, 0.3) is 0 Å². The average molecular weight is 271 g/mol. The van der Waals surface area contributed by atoms with Gasteiger partial charge in [-0.05, 0) is 38.8 Å². The Morgan fingerprint density at radius 3 is 2.67 bits per heavy atom. The minimum atomic E-state index is -2.84. The van der Waals surface area contributed by atoms with Gasteiger partial charge in [0.15, 0.2) is 9.84 Å². The maximum absolute atomic E-state index is 11.6. The number of sulfone groups is 1. The Kier molecular flexibility index (Phi) is 3.82. The molecular weight excluding hydrogens is 250 g/mol. The molecule has 2 rings (SSSR count). The molecule has 1 fully saturated rings. The summed E-state index contributed by atoms with van der Waals surface area (Å²) in [7, 11) is -2.84. The third-order valence-corrected chi connectivity index (χ3v) is 5.37. The molecule has 2 heterocycles. The average Bonchev–Trinajstić information content (AvgIpc) is 2.78. The van der Waals surface area contributed by atoms with E-state index in [2.05, 4.69) is 5.32 Å². The SMILES string of the molecule is CCNC(c1cc(C)oc1C)C1CCS(=O)(=O)C1. The Morgan fingerprint density at radius 2 is 2.22 bits per heavy atom. The maximum atomic E-state index is 11.6. The molecule has 0 aliphatic carbocycles. The molecule has 1 saturated heterocycles. The van der Waals surface area contributed by atoms with E-state index in [-0.39, 0.29) is 17.7 Å². The van der Waals surface area contributed by atoms with E-state index in [1.54, 1.807) is 0 Å². The van der Waals surface area contributed by atoms with E-state index in [1.165, 1.54) is 0 Å². The molecule has 0 amide bonds. The predicted molar refractivity (Wildman–Crippen MR) is 71.4 cm³/mol. The van der Waals surface area contributed by atoms with Gasteiger partial charge in [-0.15, -0.1) is 0 Å². The first-order chi connectivity index (χ1) is 8.43. The highest BCUT2D eigenvalue weighted by Gasteiger charge is 2.35. The van der Waals surface area contributed by atoms with Crippen molar-refractivity contribution in [3.05, 3.63) is 23.2 Å². The zero-order valence-electron chi connectivity index (χ0n) is 11.2. The van der Waals surface area contributed by atoms with Crippen LogP contribution >= 0.6 is 0 Å². The van der Waals surface area contributed by atoms with Crippen LogP contribution in [0.25, 0.3) is 0 Å². The van der Waals surface area contributed by atoms with Crippen LogP contribution in [0.1, 0.15) is 36.5 Å². The summed E-state index contributed by atoms with van der Waals surface area (Å²) in [5.74, 6) is 2.53. The van der Waals surface area contributed by atoms with Crippen molar-refractivity contribution in [1.29, 1.82) is 0 Å². The Bertz CT molecular complexity index is 518. The second kappa shape index (κ2) is 5.05. The van der Waals surface area contributed by atoms with Crippen molar-refractivity contribution in [1.82, 2.24) is 5.32 Å². The van der Waals surface area contributed by atoms with Crippen LogP contribution in [0.2, 0.25) is 0 Å². The summed E-state index contributed by atoms with van der Waals surface area (Å²) >= 11 is 0. The van der Waals surface area contributed by atoms with Gasteiger partial charge in [-0.25, -0.2) is 8.42 Å². The Balaban J connectivity index is 2.26. The molecule has 102 valence electrons. The van der Waals surface area contributed by atoms with Crippen molar-refractivity contribution in [2.24, 2.45) is 5.92 Å². The van der Waals surface area contributed by atoms with Gasteiger partial charge < -0.3 is 9.73 Å². The molecule has 2 unspecified atom stereocenters. The van der Waals surface area contributed by atoms with Crippen LogP contribution in [0, 0.1) is 19.8 Å². The van der Waals surface area contributed by atoms with E-state index >= 15 is 0 Å². The highest BCUT2D eigenvalue weighted by Crippen LogP contribution is 2.34. The van der Waals surface area contributed by atoms with Gasteiger partial charge in [-0.2, -0.15) is 0 Å². The summed E-state index contributed by atoms with van der Waals surface area (Å²) in [5.41, 5.74) is 1.11. The fourth-order valence-corrected chi connectivity index (χ4v) is 4.64. The summed E-state index contributed by atoms with van der Waals surface area (Å²) in [6.45, 7) is 6.73. The van der Waals surface area contributed by atoms with Crippen molar-refractivity contribution in [2.45, 2.75) is 33.2 Å². The fourth-order valence-electron chi connectivity index (χ4n) is 2.80. The first-order valence-corrected chi connectivity index (χ1v) is 8.26. The van der Waals surface area contributed by atoms with Crippen molar-refractivity contribution < 1.29 is 12.8 Å². The molecule has 0 bridgehead atoms. The number of hydrogen-bond donors (Lipinski definition) is 1. The maximum Gasteiger partial charge on any atom is 0.150 e. The van der Waals surface area contributed by atoms with Crippen molar-refractivity contribution >= 4 is 9.84 Å². The number of rotatable bonds is 4. The fraction of sp³-hybridized carbons (Fsp3) is 0.692. The van der Waals surface area contributed by atoms with E-state index < -0.39 is 9.84 Å². The minimum Gasteiger partial charge on any atom is -0.466 e. The molecule has 5 heteroatoms. The summed E-state index contributed by atoms with van der Waals surface area (Å²) < 4.78 is 28.8. The third kappa shape index (κ3) is 2.78. The number of aryl methyl sites for hydroxylation is 2. The number of furan rings is 1. The van der Waals surface area contributed by atoms with Gasteiger partial charge in [0, 0.05) is 11.6 Å². The third-order valence-electron chi connectivity index (χ3n) is 3.58. The zero-order chi connectivity index (χ0) is 13.3. The largest absolute Gasteiger partial charge is 0.466 e. The van der Waals surface area contributed by atoms with Gasteiger partial charge >= 0.3 is 0 Å². The molecule has 0 aromatic carbocycles. The normalized spacial score (nSPS) is 24.3. The second-order valence-corrected chi connectivity index (χ2v) is 7.30. The van der Waals surface area contributed by atoms with E-state index in [9.17, 15) is 8.42 Å². The van der Waals surface area contributed by atoms with Crippen LogP contribution in [0.3, 0.4) is 0 Å². The second-order valence-electron chi connectivity index (χ2n) is 5.07. The van der Waals surface area contributed by atoms with Crippen LogP contribution < -0.4 is 5.32 Å². The molecular formula is C13H21NO3S.